The molecule has 25 heavy (non-hydrogen) atoms. The van der Waals surface area contributed by atoms with Crippen molar-refractivity contribution >= 4 is 35.2 Å². The van der Waals surface area contributed by atoms with Crippen LogP contribution in [0.2, 0.25) is 0 Å². The van der Waals surface area contributed by atoms with Gasteiger partial charge in [0.25, 0.3) is 0 Å². The minimum atomic E-state index is -1.23. The van der Waals surface area contributed by atoms with Gasteiger partial charge >= 0.3 is 5.97 Å². The van der Waals surface area contributed by atoms with Gasteiger partial charge in [0.15, 0.2) is 11.4 Å². The zero-order valence-corrected chi connectivity index (χ0v) is 14.3. The van der Waals surface area contributed by atoms with E-state index in [0.717, 1.165) is 0 Å². The van der Waals surface area contributed by atoms with Crippen molar-refractivity contribution in [3.8, 4) is 6.07 Å². The van der Waals surface area contributed by atoms with Crippen LogP contribution in [-0.4, -0.2) is 37.9 Å². The van der Waals surface area contributed by atoms with Gasteiger partial charge in [-0.3, -0.25) is 9.67 Å². The molecule has 128 valence electrons. The van der Waals surface area contributed by atoms with Crippen LogP contribution in [0.1, 0.15) is 35.6 Å². The predicted octanol–water partition coefficient (Wildman–Crippen LogP) is 3.33. The smallest absolute Gasteiger partial charge is 0.357 e. The third-order valence-electron chi connectivity index (χ3n) is 3.66. The number of alkyl halides is 1. The first kappa shape index (κ1) is 18.4. The molecule has 0 aliphatic rings. The lowest BCUT2D eigenvalue weighted by Gasteiger charge is -2.19. The number of aliphatic imine (C=N–C) groups is 1. The minimum Gasteiger partial charge on any atom is -0.476 e. The first-order valence-electron chi connectivity index (χ1n) is 7.37. The fourth-order valence-electron chi connectivity index (χ4n) is 2.45. The Bertz CT molecular complexity index is 908. The molecule has 2 atom stereocenters. The standard InChI is InChI=1S/C17H16ClN5O2/c1-10(20-3)5-4-6-13(11(2)18)23-14-7-8-21-12(9-19)15(14)16(22-23)17(24)25/h4-5,7-8,11,13H,1,3,6H2,2H3,(H,24,25)/b5-4-/t11?,13-/m1/s1. The molecule has 0 saturated heterocycles. The second-order valence-electron chi connectivity index (χ2n) is 5.30. The summed E-state index contributed by atoms with van der Waals surface area (Å²) in [6, 6.07) is 3.19. The van der Waals surface area contributed by atoms with E-state index in [2.05, 4.69) is 28.4 Å². The lowest BCUT2D eigenvalue weighted by Crippen LogP contribution is -2.18. The Kier molecular flexibility index (Phi) is 5.67. The summed E-state index contributed by atoms with van der Waals surface area (Å²) in [5.41, 5.74) is 0.800. The van der Waals surface area contributed by atoms with E-state index in [-0.39, 0.29) is 28.2 Å². The highest BCUT2D eigenvalue weighted by Crippen LogP contribution is 2.29. The van der Waals surface area contributed by atoms with E-state index >= 15 is 0 Å². The molecule has 2 aromatic heterocycles. The number of hydrogen-bond acceptors (Lipinski definition) is 5. The van der Waals surface area contributed by atoms with E-state index in [4.69, 9.17) is 11.6 Å². The lowest BCUT2D eigenvalue weighted by atomic mass is 10.1. The molecular weight excluding hydrogens is 342 g/mol. The van der Waals surface area contributed by atoms with E-state index < -0.39 is 5.97 Å². The topological polar surface area (TPSA) is 104 Å². The van der Waals surface area contributed by atoms with Crippen LogP contribution in [0.25, 0.3) is 10.9 Å². The number of fused-ring (bicyclic) bond motifs is 1. The maximum Gasteiger partial charge on any atom is 0.357 e. The minimum absolute atomic E-state index is 0.0157. The zero-order valence-electron chi connectivity index (χ0n) is 13.6. The van der Waals surface area contributed by atoms with Crippen molar-refractivity contribution in [1.29, 1.82) is 5.26 Å². The third-order valence-corrected chi connectivity index (χ3v) is 3.95. The van der Waals surface area contributed by atoms with Crippen molar-refractivity contribution in [2.75, 3.05) is 0 Å². The molecule has 0 saturated carbocycles. The molecule has 8 heteroatoms. The van der Waals surface area contributed by atoms with Gasteiger partial charge in [0.1, 0.15) is 6.07 Å². The summed E-state index contributed by atoms with van der Waals surface area (Å²) in [6.45, 7) is 8.87. The van der Waals surface area contributed by atoms with Crippen LogP contribution in [0, 0.1) is 11.3 Å². The van der Waals surface area contributed by atoms with Gasteiger partial charge in [0, 0.05) is 6.20 Å². The van der Waals surface area contributed by atoms with Crippen LogP contribution in [-0.2, 0) is 0 Å². The van der Waals surface area contributed by atoms with E-state index in [1.54, 1.807) is 19.1 Å². The number of hydrogen-bond donors (Lipinski definition) is 1. The Morgan fingerprint density at radius 2 is 2.36 bits per heavy atom. The average Bonchev–Trinajstić information content (AvgIpc) is 2.97. The predicted molar refractivity (Wildman–Crippen MR) is 96.0 cm³/mol. The second-order valence-corrected chi connectivity index (χ2v) is 5.98. The maximum absolute atomic E-state index is 11.5. The monoisotopic (exact) mass is 357 g/mol. The van der Waals surface area contributed by atoms with Gasteiger partial charge in [-0.05, 0) is 32.2 Å². The molecule has 2 aromatic rings. The molecule has 0 amide bonds. The molecule has 7 nitrogen and oxygen atoms in total. The summed E-state index contributed by atoms with van der Waals surface area (Å²) in [6.07, 6.45) is 5.44. The van der Waals surface area contributed by atoms with Crippen LogP contribution in [0.4, 0.5) is 0 Å². The van der Waals surface area contributed by atoms with Gasteiger partial charge in [-0.2, -0.15) is 10.4 Å². The van der Waals surface area contributed by atoms with Gasteiger partial charge < -0.3 is 5.11 Å². The Hall–Kier alpha value is -2.98. The molecule has 1 unspecified atom stereocenters. The highest BCUT2D eigenvalue weighted by atomic mass is 35.5. The van der Waals surface area contributed by atoms with Crippen LogP contribution in [0.3, 0.4) is 0 Å². The van der Waals surface area contributed by atoms with Crippen molar-refractivity contribution in [3.63, 3.8) is 0 Å². The first-order chi connectivity index (χ1) is 11.9. The van der Waals surface area contributed by atoms with Crippen molar-refractivity contribution in [1.82, 2.24) is 14.8 Å². The van der Waals surface area contributed by atoms with Crippen LogP contribution < -0.4 is 0 Å². The quantitative estimate of drug-likeness (QED) is 0.465. The molecule has 0 aliphatic carbocycles. The highest BCUT2D eigenvalue weighted by Gasteiger charge is 2.25. The number of pyridine rings is 1. The summed E-state index contributed by atoms with van der Waals surface area (Å²) in [5.74, 6) is -1.23. The number of carboxylic acid groups (broad SMARTS) is 1. The fourth-order valence-corrected chi connectivity index (χ4v) is 2.66. The SMILES string of the molecule is C=NC(=C)/C=C\C[C@H](C(C)Cl)n1nc(C(=O)O)c2c(C#N)nccc21. The maximum atomic E-state index is 11.5. The Balaban J connectivity index is 2.59. The number of rotatable bonds is 7. The summed E-state index contributed by atoms with van der Waals surface area (Å²) in [7, 11) is 0. The Labute approximate surface area is 149 Å². The largest absolute Gasteiger partial charge is 0.476 e. The fraction of sp³-hybridized carbons (Fsp3) is 0.235. The molecule has 0 fully saturated rings. The van der Waals surface area contributed by atoms with Crippen molar-refractivity contribution in [3.05, 3.63) is 48.1 Å². The van der Waals surface area contributed by atoms with Crippen LogP contribution >= 0.6 is 11.6 Å². The van der Waals surface area contributed by atoms with Gasteiger partial charge in [0.2, 0.25) is 0 Å². The zero-order chi connectivity index (χ0) is 18.6. The second kappa shape index (κ2) is 7.73. The number of carboxylic acids is 1. The van der Waals surface area contributed by atoms with E-state index in [0.29, 0.717) is 17.6 Å². The molecule has 0 aliphatic heterocycles. The molecule has 0 aromatic carbocycles. The van der Waals surface area contributed by atoms with Gasteiger partial charge in [-0.1, -0.05) is 12.7 Å². The van der Waals surface area contributed by atoms with E-state index in [1.165, 1.54) is 10.9 Å². The molecule has 2 rings (SSSR count). The van der Waals surface area contributed by atoms with Crippen molar-refractivity contribution in [2.24, 2.45) is 4.99 Å². The molecule has 0 radical (unpaired) electrons. The number of halogens is 1. The average molecular weight is 358 g/mol. The lowest BCUT2D eigenvalue weighted by molar-refractivity contribution is 0.0691. The molecule has 2 heterocycles. The highest BCUT2D eigenvalue weighted by molar-refractivity contribution is 6.20. The summed E-state index contributed by atoms with van der Waals surface area (Å²) >= 11 is 6.31. The van der Waals surface area contributed by atoms with Gasteiger partial charge in [-0.15, -0.1) is 11.6 Å². The molecular formula is C17H16ClN5O2. The number of carbonyl (C=O) groups is 1. The summed E-state index contributed by atoms with van der Waals surface area (Å²) < 4.78 is 1.54. The van der Waals surface area contributed by atoms with E-state index in [9.17, 15) is 15.2 Å². The normalized spacial score (nSPS) is 13.5. The number of aromatic carboxylic acids is 1. The Morgan fingerprint density at radius 3 is 2.92 bits per heavy atom. The molecule has 0 spiro atoms. The van der Waals surface area contributed by atoms with Gasteiger partial charge in [-0.25, -0.2) is 9.78 Å². The number of allylic oxidation sites excluding steroid dienone is 2. The van der Waals surface area contributed by atoms with Crippen molar-refractivity contribution in [2.45, 2.75) is 24.8 Å². The van der Waals surface area contributed by atoms with Crippen LogP contribution in [0.5, 0.6) is 0 Å². The number of aromatic nitrogens is 3. The third kappa shape index (κ3) is 3.75. The van der Waals surface area contributed by atoms with E-state index in [1.807, 2.05) is 12.1 Å². The first-order valence-corrected chi connectivity index (χ1v) is 7.81. The number of nitriles is 1. The molecule has 1 N–H and O–H groups in total. The van der Waals surface area contributed by atoms with Crippen LogP contribution in [0.15, 0.2) is 41.7 Å². The van der Waals surface area contributed by atoms with Gasteiger partial charge in [0.05, 0.1) is 28.0 Å². The number of nitrogens with zero attached hydrogens (tertiary/aromatic N) is 5. The Morgan fingerprint density at radius 1 is 1.64 bits per heavy atom. The summed E-state index contributed by atoms with van der Waals surface area (Å²) in [4.78, 5) is 19.2. The molecule has 0 bridgehead atoms. The van der Waals surface area contributed by atoms with Crippen molar-refractivity contribution < 1.29 is 9.90 Å². The summed E-state index contributed by atoms with van der Waals surface area (Å²) in [5, 5.41) is 22.7.